The fourth-order valence-corrected chi connectivity index (χ4v) is 1.58. The summed E-state index contributed by atoms with van der Waals surface area (Å²) in [4.78, 5) is 32.9. The minimum Gasteiger partial charge on any atom is -0.480 e. The van der Waals surface area contributed by atoms with Gasteiger partial charge in [0.15, 0.2) is 0 Å². The second kappa shape index (κ2) is 9.30. The maximum absolute atomic E-state index is 11.6. The fourth-order valence-electron chi connectivity index (χ4n) is 1.58. The summed E-state index contributed by atoms with van der Waals surface area (Å²) in [6.07, 6.45) is 10.9. The van der Waals surface area contributed by atoms with E-state index in [1.165, 1.54) is 6.92 Å². The first-order chi connectivity index (χ1) is 10.5. The number of carboxylic acid groups (broad SMARTS) is 1. The Kier molecular flexibility index (Phi) is 7.35. The first-order valence-corrected chi connectivity index (χ1v) is 6.58. The molecule has 1 aliphatic carbocycles. The number of aliphatic carboxylic acids is 1. The van der Waals surface area contributed by atoms with Crippen molar-refractivity contribution >= 4 is 17.8 Å². The lowest BCUT2D eigenvalue weighted by Gasteiger charge is -2.07. The van der Waals surface area contributed by atoms with Gasteiger partial charge in [-0.25, -0.2) is 4.79 Å². The molecule has 22 heavy (non-hydrogen) atoms. The molecule has 2 amide bonds. The third-order valence-electron chi connectivity index (χ3n) is 2.40. The third kappa shape index (κ3) is 7.81. The summed E-state index contributed by atoms with van der Waals surface area (Å²) in [7, 11) is 0. The van der Waals surface area contributed by atoms with Crippen LogP contribution >= 0.6 is 0 Å². The molecule has 1 rings (SSSR count). The maximum Gasteiger partial charge on any atom is 0.329 e. The van der Waals surface area contributed by atoms with Gasteiger partial charge in [-0.1, -0.05) is 18.2 Å². The molecule has 0 aromatic heterocycles. The molecule has 118 valence electrons. The normalized spacial score (nSPS) is 21.7. The molecule has 0 aromatic rings. The fraction of sp³-hybridized carbons (Fsp3) is 0.267. The molecule has 3 N–H and O–H groups in total. The predicted octanol–water partition coefficient (Wildman–Crippen LogP) is 0.624. The Balaban J connectivity index is 2.56. The van der Waals surface area contributed by atoms with Crippen LogP contribution in [-0.4, -0.2) is 36.1 Å². The van der Waals surface area contributed by atoms with Crippen LogP contribution in [0.5, 0.6) is 0 Å². The average Bonchev–Trinajstić information content (AvgIpc) is 2.51. The molecule has 0 fully saturated rings. The number of carboxylic acids is 1. The van der Waals surface area contributed by atoms with E-state index in [9.17, 15) is 14.4 Å². The Morgan fingerprint density at radius 3 is 2.64 bits per heavy atom. The van der Waals surface area contributed by atoms with Crippen LogP contribution < -0.4 is 10.6 Å². The van der Waals surface area contributed by atoms with Gasteiger partial charge >= 0.3 is 5.97 Å². The molecule has 0 radical (unpaired) electrons. The summed E-state index contributed by atoms with van der Waals surface area (Å²) < 4.78 is 4.71. The van der Waals surface area contributed by atoms with E-state index in [2.05, 4.69) is 10.6 Å². The average molecular weight is 306 g/mol. The predicted molar refractivity (Wildman–Crippen MR) is 79.5 cm³/mol. The van der Waals surface area contributed by atoms with E-state index >= 15 is 0 Å². The van der Waals surface area contributed by atoms with E-state index in [0.717, 1.165) is 0 Å². The van der Waals surface area contributed by atoms with E-state index in [1.807, 2.05) is 6.08 Å². The van der Waals surface area contributed by atoms with Crippen molar-refractivity contribution in [3.8, 4) is 0 Å². The highest BCUT2D eigenvalue weighted by molar-refractivity contribution is 5.79. The SMILES string of the molecule is CC(=O)NC1=C/C=C\C/C(NC(=O)COCC(=O)O)=C\C=C\1. The molecule has 0 bridgehead atoms. The zero-order valence-corrected chi connectivity index (χ0v) is 12.2. The highest BCUT2D eigenvalue weighted by atomic mass is 16.5. The highest BCUT2D eigenvalue weighted by Gasteiger charge is 2.05. The van der Waals surface area contributed by atoms with Crippen LogP contribution in [0.25, 0.3) is 0 Å². The Hall–Kier alpha value is -2.67. The van der Waals surface area contributed by atoms with Crippen molar-refractivity contribution in [3.05, 3.63) is 47.9 Å². The van der Waals surface area contributed by atoms with Gasteiger partial charge in [-0.2, -0.15) is 0 Å². The van der Waals surface area contributed by atoms with Crippen LogP contribution in [0.3, 0.4) is 0 Å². The molecule has 0 aliphatic heterocycles. The largest absolute Gasteiger partial charge is 0.480 e. The molecule has 0 spiro atoms. The molecular formula is C15H18N2O5. The van der Waals surface area contributed by atoms with Gasteiger partial charge in [0.2, 0.25) is 11.8 Å². The summed E-state index contributed by atoms with van der Waals surface area (Å²) in [5, 5.41) is 13.7. The summed E-state index contributed by atoms with van der Waals surface area (Å²) in [5.41, 5.74) is 1.27. The first kappa shape index (κ1) is 17.4. The molecule has 0 aromatic carbocycles. The lowest BCUT2D eigenvalue weighted by atomic mass is 10.2. The monoisotopic (exact) mass is 306 g/mol. The summed E-state index contributed by atoms with van der Waals surface area (Å²) in [6, 6.07) is 0. The molecule has 0 atom stereocenters. The zero-order chi connectivity index (χ0) is 16.4. The topological polar surface area (TPSA) is 105 Å². The van der Waals surface area contributed by atoms with Crippen molar-refractivity contribution in [2.24, 2.45) is 0 Å². The zero-order valence-electron chi connectivity index (χ0n) is 12.2. The van der Waals surface area contributed by atoms with Gasteiger partial charge < -0.3 is 20.5 Å². The molecule has 7 nitrogen and oxygen atoms in total. The number of carbonyl (C=O) groups is 3. The highest BCUT2D eigenvalue weighted by Crippen LogP contribution is 2.04. The Bertz CT molecular complexity index is 558. The Morgan fingerprint density at radius 1 is 1.18 bits per heavy atom. The molecule has 0 unspecified atom stereocenters. The maximum atomic E-state index is 11.6. The van der Waals surface area contributed by atoms with Crippen molar-refractivity contribution in [3.63, 3.8) is 0 Å². The lowest BCUT2D eigenvalue weighted by Crippen LogP contribution is -2.28. The van der Waals surface area contributed by atoms with Gasteiger partial charge in [0.1, 0.15) is 13.2 Å². The van der Waals surface area contributed by atoms with Crippen molar-refractivity contribution in [2.75, 3.05) is 13.2 Å². The van der Waals surface area contributed by atoms with Crippen LogP contribution in [0.15, 0.2) is 47.9 Å². The second-order valence-corrected chi connectivity index (χ2v) is 4.42. The van der Waals surface area contributed by atoms with E-state index in [-0.39, 0.29) is 12.5 Å². The molecule has 0 saturated carbocycles. The lowest BCUT2D eigenvalue weighted by molar-refractivity contribution is -0.143. The first-order valence-electron chi connectivity index (χ1n) is 6.58. The van der Waals surface area contributed by atoms with Crippen molar-refractivity contribution in [1.82, 2.24) is 10.6 Å². The number of rotatable bonds is 6. The number of ether oxygens (including phenoxy) is 1. The number of hydrogen-bond donors (Lipinski definition) is 3. The van der Waals surface area contributed by atoms with Gasteiger partial charge in [0.25, 0.3) is 0 Å². The van der Waals surface area contributed by atoms with Crippen molar-refractivity contribution < 1.29 is 24.2 Å². The van der Waals surface area contributed by atoms with E-state index in [1.54, 1.807) is 30.4 Å². The minimum atomic E-state index is -1.13. The van der Waals surface area contributed by atoms with Crippen molar-refractivity contribution in [1.29, 1.82) is 0 Å². The molecule has 7 heteroatoms. The summed E-state index contributed by atoms with van der Waals surface area (Å²) in [5.74, 6) is -1.72. The van der Waals surface area contributed by atoms with Gasteiger partial charge in [0.05, 0.1) is 0 Å². The van der Waals surface area contributed by atoms with Crippen LogP contribution in [0.1, 0.15) is 13.3 Å². The number of allylic oxidation sites excluding steroid dienone is 6. The molecule has 1 aliphatic rings. The minimum absolute atomic E-state index is 0.170. The molecule has 0 heterocycles. The smallest absolute Gasteiger partial charge is 0.329 e. The number of carbonyl (C=O) groups excluding carboxylic acids is 2. The quantitative estimate of drug-likeness (QED) is 0.667. The van der Waals surface area contributed by atoms with Gasteiger partial charge in [0, 0.05) is 24.7 Å². The molecular weight excluding hydrogens is 288 g/mol. The van der Waals surface area contributed by atoms with Crippen molar-refractivity contribution in [2.45, 2.75) is 13.3 Å². The Morgan fingerprint density at radius 2 is 1.95 bits per heavy atom. The van der Waals surface area contributed by atoms with Crippen LogP contribution in [0.2, 0.25) is 0 Å². The standard InChI is InChI=1S/C15H18N2O5/c1-11(18)16-12-5-2-3-6-13(8-4-7-12)17-14(19)9-22-10-15(20)21/h2-5,7-8H,6,9-10H2,1H3,(H,16,18)(H,17,19)(H,20,21)/b3-2-,7-4+,12-5+,13-8+. The van der Waals surface area contributed by atoms with Crippen LogP contribution in [-0.2, 0) is 19.1 Å². The van der Waals surface area contributed by atoms with Gasteiger partial charge in [-0.3, -0.25) is 9.59 Å². The number of nitrogens with one attached hydrogen (secondary N) is 2. The summed E-state index contributed by atoms with van der Waals surface area (Å²) >= 11 is 0. The third-order valence-corrected chi connectivity index (χ3v) is 2.40. The number of amides is 2. The van der Waals surface area contributed by atoms with E-state index in [0.29, 0.717) is 17.8 Å². The van der Waals surface area contributed by atoms with Gasteiger partial charge in [-0.05, 0) is 18.2 Å². The van der Waals surface area contributed by atoms with E-state index in [4.69, 9.17) is 9.84 Å². The second-order valence-electron chi connectivity index (χ2n) is 4.42. The van der Waals surface area contributed by atoms with Gasteiger partial charge in [-0.15, -0.1) is 0 Å². The summed E-state index contributed by atoms with van der Waals surface area (Å²) in [6.45, 7) is 0.576. The van der Waals surface area contributed by atoms with Crippen LogP contribution in [0, 0.1) is 0 Å². The van der Waals surface area contributed by atoms with Crippen LogP contribution in [0.4, 0.5) is 0 Å². The number of hydrogen-bond acceptors (Lipinski definition) is 4. The van der Waals surface area contributed by atoms with E-state index < -0.39 is 18.5 Å². The Labute approximate surface area is 128 Å². The molecule has 0 saturated heterocycles.